The normalized spacial score (nSPS) is 15.6. The van der Waals surface area contributed by atoms with Crippen LogP contribution >= 0.6 is 0 Å². The summed E-state index contributed by atoms with van der Waals surface area (Å²) in [5.41, 5.74) is 0. The Hall–Kier alpha value is -1.50. The van der Waals surface area contributed by atoms with Crippen LogP contribution in [0.15, 0.2) is 60.7 Å². The summed E-state index contributed by atoms with van der Waals surface area (Å²) in [6.07, 6.45) is 0.340. The monoisotopic (exact) mass is 430 g/mol. The topological polar surface area (TPSA) is 58.9 Å². The van der Waals surface area contributed by atoms with Crippen LogP contribution in [0.5, 0.6) is 0 Å². The van der Waals surface area contributed by atoms with Crippen LogP contribution in [0.25, 0.3) is 0 Å². The summed E-state index contributed by atoms with van der Waals surface area (Å²) < 4.78 is 12.5. The molecule has 0 aromatic heterocycles. The predicted molar refractivity (Wildman–Crippen MR) is 126 cm³/mol. The van der Waals surface area contributed by atoms with Gasteiger partial charge in [0.15, 0.2) is 0 Å². The van der Waals surface area contributed by atoms with Gasteiger partial charge in [0.2, 0.25) is 0 Å². The van der Waals surface area contributed by atoms with Gasteiger partial charge in [-0.25, -0.2) is 0 Å². The molecule has 3 atom stereocenters. The first-order valence-corrected chi connectivity index (χ1v) is 12.7. The first-order chi connectivity index (χ1) is 14.2. The Labute approximate surface area is 183 Å². The van der Waals surface area contributed by atoms with E-state index in [2.05, 4.69) is 88.4 Å². The Kier molecular flexibility index (Phi) is 9.25. The molecule has 2 aromatic rings. The van der Waals surface area contributed by atoms with Crippen LogP contribution in [0.2, 0.25) is 5.04 Å². The first kappa shape index (κ1) is 24.8. The van der Waals surface area contributed by atoms with E-state index in [1.807, 2.05) is 0 Å². The minimum atomic E-state index is -2.54. The van der Waals surface area contributed by atoms with E-state index in [0.29, 0.717) is 13.0 Å². The molecule has 0 fully saturated rings. The fourth-order valence-electron chi connectivity index (χ4n) is 4.21. The average molecular weight is 431 g/mol. The zero-order valence-corrected chi connectivity index (χ0v) is 20.0. The summed E-state index contributed by atoms with van der Waals surface area (Å²) in [5, 5.41) is 21.4. The molecular formula is C25H38O4Si. The lowest BCUT2D eigenvalue weighted by Crippen LogP contribution is -2.66. The third-order valence-electron chi connectivity index (χ3n) is 5.75. The molecule has 0 saturated heterocycles. The van der Waals surface area contributed by atoms with E-state index < -0.39 is 14.4 Å². The first-order valence-electron chi connectivity index (χ1n) is 10.8. The maximum atomic E-state index is 9.78. The smallest absolute Gasteiger partial charge is 0.261 e. The molecule has 0 amide bonds. The second-order valence-corrected chi connectivity index (χ2v) is 13.6. The molecule has 0 aliphatic rings. The summed E-state index contributed by atoms with van der Waals surface area (Å²) in [6.45, 7) is 9.36. The van der Waals surface area contributed by atoms with E-state index in [4.69, 9.17) is 14.3 Å². The molecule has 0 aliphatic heterocycles. The minimum absolute atomic E-state index is 0.0524. The fourth-order valence-corrected chi connectivity index (χ4v) is 8.90. The summed E-state index contributed by atoms with van der Waals surface area (Å²) in [7, 11) is -0.885. The van der Waals surface area contributed by atoms with Crippen LogP contribution in [-0.4, -0.2) is 51.1 Å². The highest BCUT2D eigenvalue weighted by Gasteiger charge is 2.50. The molecule has 2 rings (SSSR count). The van der Waals surface area contributed by atoms with Gasteiger partial charge >= 0.3 is 0 Å². The van der Waals surface area contributed by atoms with Gasteiger partial charge in [-0.3, -0.25) is 0 Å². The molecule has 0 heterocycles. The van der Waals surface area contributed by atoms with Gasteiger partial charge in [0.05, 0.1) is 18.8 Å². The molecule has 0 spiro atoms. The van der Waals surface area contributed by atoms with Gasteiger partial charge in [-0.1, -0.05) is 88.4 Å². The van der Waals surface area contributed by atoms with Crippen LogP contribution in [-0.2, 0) is 9.16 Å². The summed E-state index contributed by atoms with van der Waals surface area (Å²) in [5.74, 6) is 0.252. The van der Waals surface area contributed by atoms with Gasteiger partial charge in [-0.2, -0.15) is 0 Å². The zero-order chi connectivity index (χ0) is 22.2. The molecule has 30 heavy (non-hydrogen) atoms. The second kappa shape index (κ2) is 11.2. The molecule has 2 N–H and O–H groups in total. The lowest BCUT2D eigenvalue weighted by Gasteiger charge is -2.43. The van der Waals surface area contributed by atoms with Gasteiger partial charge in [0, 0.05) is 20.1 Å². The van der Waals surface area contributed by atoms with Crippen molar-refractivity contribution >= 4 is 18.7 Å². The van der Waals surface area contributed by atoms with E-state index in [0.717, 1.165) is 6.42 Å². The quantitative estimate of drug-likeness (QED) is 0.537. The van der Waals surface area contributed by atoms with E-state index in [-0.39, 0.29) is 23.7 Å². The molecule has 0 radical (unpaired) electrons. The van der Waals surface area contributed by atoms with E-state index in [9.17, 15) is 5.11 Å². The Morgan fingerprint density at radius 2 is 1.40 bits per heavy atom. The second-order valence-electron chi connectivity index (χ2n) is 9.24. The summed E-state index contributed by atoms with van der Waals surface area (Å²) >= 11 is 0. The highest BCUT2D eigenvalue weighted by Crippen LogP contribution is 2.37. The van der Waals surface area contributed by atoms with Crippen molar-refractivity contribution in [1.82, 2.24) is 0 Å². The van der Waals surface area contributed by atoms with E-state index >= 15 is 0 Å². The van der Waals surface area contributed by atoms with Gasteiger partial charge in [0.1, 0.15) is 0 Å². The number of aliphatic hydroxyl groups excluding tert-OH is 2. The van der Waals surface area contributed by atoms with Crippen molar-refractivity contribution in [1.29, 1.82) is 0 Å². The molecule has 5 heteroatoms. The van der Waals surface area contributed by atoms with Gasteiger partial charge in [-0.05, 0) is 27.8 Å². The number of rotatable bonds is 11. The summed E-state index contributed by atoms with van der Waals surface area (Å²) in [4.78, 5) is 0. The molecule has 0 unspecified atom stereocenters. The molecular weight excluding hydrogens is 392 g/mol. The van der Waals surface area contributed by atoms with Crippen molar-refractivity contribution in [2.45, 2.75) is 57.8 Å². The Bertz CT molecular complexity index is 690. The number of hydrogen-bond donors (Lipinski definition) is 2. The molecule has 0 saturated carbocycles. The third-order valence-corrected chi connectivity index (χ3v) is 10.8. The number of hydrogen-bond acceptors (Lipinski definition) is 4. The Balaban J connectivity index is 2.30. The molecule has 0 bridgehead atoms. The van der Waals surface area contributed by atoms with Crippen LogP contribution in [0.4, 0.5) is 0 Å². The van der Waals surface area contributed by atoms with Crippen LogP contribution in [0.3, 0.4) is 0 Å². The van der Waals surface area contributed by atoms with Crippen molar-refractivity contribution in [3.63, 3.8) is 0 Å². The highest BCUT2D eigenvalue weighted by molar-refractivity contribution is 6.99. The lowest BCUT2D eigenvalue weighted by molar-refractivity contribution is 0.00749. The minimum Gasteiger partial charge on any atom is -0.407 e. The standard InChI is InChI=1S/C25H38O4Si/c1-20(16-22(28-5)17-21(27)18-26)19-29-30(25(2,3)4,23-12-8-6-9-13-23)24-14-10-7-11-15-24/h6-15,20-22,26-27H,16-19H2,1-5H3/t20-,21-,22-/m0/s1. The Morgan fingerprint density at radius 1 is 0.900 bits per heavy atom. The number of benzene rings is 2. The van der Waals surface area contributed by atoms with Gasteiger partial charge in [0.25, 0.3) is 8.32 Å². The molecule has 4 nitrogen and oxygen atoms in total. The number of ether oxygens (including phenoxy) is 1. The molecule has 0 aliphatic carbocycles. The molecule has 166 valence electrons. The predicted octanol–water partition coefficient (Wildman–Crippen LogP) is 3.35. The van der Waals surface area contributed by atoms with E-state index in [1.165, 1.54) is 10.4 Å². The van der Waals surface area contributed by atoms with Crippen molar-refractivity contribution in [3.8, 4) is 0 Å². The van der Waals surface area contributed by atoms with Crippen molar-refractivity contribution in [3.05, 3.63) is 60.7 Å². The van der Waals surface area contributed by atoms with Gasteiger partial charge in [-0.15, -0.1) is 0 Å². The Morgan fingerprint density at radius 3 is 1.80 bits per heavy atom. The van der Waals surface area contributed by atoms with Crippen LogP contribution in [0.1, 0.15) is 40.5 Å². The zero-order valence-electron chi connectivity index (χ0n) is 19.0. The third kappa shape index (κ3) is 6.02. The number of aliphatic hydroxyl groups is 2. The molecule has 2 aromatic carbocycles. The average Bonchev–Trinajstić information content (AvgIpc) is 2.74. The largest absolute Gasteiger partial charge is 0.407 e. The van der Waals surface area contributed by atoms with E-state index in [1.54, 1.807) is 7.11 Å². The maximum absolute atomic E-state index is 9.78. The summed E-state index contributed by atoms with van der Waals surface area (Å²) in [6, 6.07) is 21.3. The van der Waals surface area contributed by atoms with Crippen LogP contribution < -0.4 is 10.4 Å². The van der Waals surface area contributed by atoms with Gasteiger partial charge < -0.3 is 19.4 Å². The van der Waals surface area contributed by atoms with Crippen molar-refractivity contribution in [2.24, 2.45) is 5.92 Å². The lowest BCUT2D eigenvalue weighted by atomic mass is 10.0. The van der Waals surface area contributed by atoms with Crippen molar-refractivity contribution in [2.75, 3.05) is 20.3 Å². The fraction of sp³-hybridized carbons (Fsp3) is 0.520. The van der Waals surface area contributed by atoms with Crippen molar-refractivity contribution < 1.29 is 19.4 Å². The highest BCUT2D eigenvalue weighted by atomic mass is 28.4. The number of methoxy groups -OCH3 is 1. The maximum Gasteiger partial charge on any atom is 0.261 e. The SMILES string of the molecule is CO[C@@H](C[C@H](C)CO[Si](c1ccccc1)(c1ccccc1)C(C)(C)C)C[C@H](O)CO. The van der Waals surface area contributed by atoms with Crippen LogP contribution in [0, 0.1) is 5.92 Å².